The monoisotopic (exact) mass is 1560 g/mol. The lowest BCUT2D eigenvalue weighted by Gasteiger charge is -2.29. The Morgan fingerprint density at radius 1 is 0.379 bits per heavy atom. The number of nitrogens with one attached hydrogen (secondary N) is 4. The number of carbonyl (C=O) groups excluding carboxylic acids is 4. The molecule has 0 bridgehead atoms. The van der Waals surface area contributed by atoms with Crippen molar-refractivity contribution in [2.45, 2.75) is 202 Å². The largest absolute Gasteiger partial charge is 0.340 e. The molecule has 24 nitrogen and oxygen atoms in total. The van der Waals surface area contributed by atoms with Gasteiger partial charge in [0, 0.05) is 147 Å². The molecule has 0 spiro atoms. The van der Waals surface area contributed by atoms with Crippen LogP contribution in [0.5, 0.6) is 0 Å². The molecule has 4 saturated heterocycles. The number of hydrogen-bond acceptors (Lipinski definition) is 12. The zero-order chi connectivity index (χ0) is 80.0. The number of aryl methyl sites for hydroxylation is 1. The minimum Gasteiger partial charge on any atom is -0.340 e. The lowest BCUT2D eigenvalue weighted by molar-refractivity contribution is -0.140. The second-order valence-corrected chi connectivity index (χ2v) is 35.0. The van der Waals surface area contributed by atoms with E-state index in [9.17, 15) is 19.2 Å². The topological polar surface area (TPSA) is 267 Å². The van der Waals surface area contributed by atoms with Crippen molar-refractivity contribution in [3.63, 3.8) is 0 Å². The summed E-state index contributed by atoms with van der Waals surface area (Å²) in [7, 11) is 0. The van der Waals surface area contributed by atoms with Gasteiger partial charge in [-0.25, -0.2) is 19.9 Å². The smallest absolute Gasteiger partial charge is 0.228 e. The van der Waals surface area contributed by atoms with Crippen LogP contribution in [0.3, 0.4) is 0 Å². The van der Waals surface area contributed by atoms with E-state index in [-0.39, 0.29) is 35.1 Å². The Balaban J connectivity index is 0.000000116. The predicted molar refractivity (Wildman–Crippen MR) is 454 cm³/mol. The maximum atomic E-state index is 13.0. The molecule has 5 aromatic carbocycles. The third kappa shape index (κ3) is 17.9. The van der Waals surface area contributed by atoms with Gasteiger partial charge in [-0.15, -0.1) is 0 Å². The minimum absolute atomic E-state index is 0.248. The van der Waals surface area contributed by atoms with Crippen LogP contribution in [-0.2, 0) is 51.8 Å². The summed E-state index contributed by atoms with van der Waals surface area (Å²) in [5.74, 6) is 3.73. The lowest BCUT2D eigenvalue weighted by atomic mass is 9.88. The van der Waals surface area contributed by atoms with E-state index in [0.29, 0.717) is 60.0 Å². The molecule has 13 aromatic rings. The lowest BCUT2D eigenvalue weighted by Crippen LogP contribution is -2.41. The van der Waals surface area contributed by atoms with Gasteiger partial charge in [0.1, 0.15) is 0 Å². The highest BCUT2D eigenvalue weighted by molar-refractivity contribution is 5.86. The minimum atomic E-state index is -0.325. The molecule has 4 unspecified atom stereocenters. The summed E-state index contributed by atoms with van der Waals surface area (Å²) in [5, 5.41) is 27.5. The number of aromatic amines is 4. The Labute approximate surface area is 678 Å². The second kappa shape index (κ2) is 35.0. The average molecular weight is 1560 g/mol. The van der Waals surface area contributed by atoms with E-state index in [1.54, 1.807) is 0 Å². The fourth-order valence-corrected chi connectivity index (χ4v) is 19.3. The number of nitrogens with zero attached hydrogens (tertiary/aromatic N) is 16. The standard InChI is InChI=1S/C25H27N5O.2C23H29N5O.C21H27N5O/c1-18-11-20(16-30(18)25(31)10-7-19-5-3-2-4-6-19)15-29-17-26-23-12-21(8-9-24(23)29)22-13-27-28-14-22;2*1-16-9-17(14-28(16)23(29)18-5-3-2-4-6-18)13-27-15-24-21-10-19(7-8-22(21)27)20-11-25-26-12-20;1-14-7-15(12-26(14)20(27)21(2,3)4)11-25-13-22-18-8-16(5-6-19(18)25)17-9-23-24-10-17/h2-6,8-9,12-14,17-18,20H,7,10-11,15-16H2,1H3,(H,27,28);2*7-8,10-12,15-18H,2-6,9,13-14H2,1H3,(H,25,26);5-6,8-10,13-15H,7,11-12H2,1-4H3,(H,23,24)/t18-,20?;2*16-,17?;14-,15?/m1101/s1. The van der Waals surface area contributed by atoms with Gasteiger partial charge in [-0.1, -0.05) is 114 Å². The van der Waals surface area contributed by atoms with E-state index >= 15 is 0 Å². The maximum Gasteiger partial charge on any atom is 0.228 e. The van der Waals surface area contributed by atoms with Gasteiger partial charge in [0.25, 0.3) is 0 Å². The van der Waals surface area contributed by atoms with E-state index in [1.165, 1.54) is 44.1 Å². The van der Waals surface area contributed by atoms with E-state index < -0.39 is 0 Å². The Bertz CT molecular complexity index is 5260. The quantitative estimate of drug-likeness (QED) is 0.0663. The van der Waals surface area contributed by atoms with Crippen molar-refractivity contribution in [1.29, 1.82) is 0 Å². The number of fused-ring (bicyclic) bond motifs is 4. The van der Waals surface area contributed by atoms with Gasteiger partial charge in [-0.3, -0.25) is 39.6 Å². The van der Waals surface area contributed by atoms with Crippen LogP contribution in [0.2, 0.25) is 0 Å². The Morgan fingerprint density at radius 2 is 0.690 bits per heavy atom. The second-order valence-electron chi connectivity index (χ2n) is 35.0. The molecule has 0 radical (unpaired) electrons. The van der Waals surface area contributed by atoms with E-state index in [2.05, 4.69) is 211 Å². The van der Waals surface area contributed by atoms with Crippen molar-refractivity contribution in [3.05, 3.63) is 184 Å². The fourth-order valence-electron chi connectivity index (χ4n) is 19.3. The highest BCUT2D eigenvalue weighted by Gasteiger charge is 2.40. The summed E-state index contributed by atoms with van der Waals surface area (Å²) in [6, 6.07) is 37.0. The van der Waals surface area contributed by atoms with Crippen molar-refractivity contribution < 1.29 is 19.2 Å². The van der Waals surface area contributed by atoms with Gasteiger partial charge < -0.3 is 37.9 Å². The first-order valence-corrected chi connectivity index (χ1v) is 42.4. The number of imidazole rings is 4. The van der Waals surface area contributed by atoms with Crippen LogP contribution in [0.1, 0.15) is 150 Å². The molecular weight excluding hydrogens is 1450 g/mol. The highest BCUT2D eigenvalue weighted by Crippen LogP contribution is 2.38. The van der Waals surface area contributed by atoms with Gasteiger partial charge in [0.15, 0.2) is 0 Å². The van der Waals surface area contributed by atoms with E-state index in [4.69, 9.17) is 0 Å². The molecule has 4 amide bonds. The van der Waals surface area contributed by atoms with Gasteiger partial charge in [0.2, 0.25) is 23.6 Å². The molecule has 4 N–H and O–H groups in total. The van der Waals surface area contributed by atoms with Crippen LogP contribution in [0, 0.1) is 40.9 Å². The van der Waals surface area contributed by atoms with Crippen LogP contribution < -0.4 is 0 Å². The summed E-state index contributed by atoms with van der Waals surface area (Å²) in [6.07, 6.45) is 40.0. The molecule has 24 heteroatoms. The number of aromatic nitrogens is 16. The van der Waals surface area contributed by atoms with Crippen LogP contribution in [0.15, 0.2) is 178 Å². The van der Waals surface area contributed by atoms with Crippen LogP contribution in [0.25, 0.3) is 88.6 Å². The van der Waals surface area contributed by atoms with E-state index in [0.717, 1.165) is 199 Å². The van der Waals surface area contributed by atoms with Crippen molar-refractivity contribution >= 4 is 67.8 Å². The highest BCUT2D eigenvalue weighted by atomic mass is 16.2. The van der Waals surface area contributed by atoms with Crippen LogP contribution in [-0.4, -0.2) is 173 Å². The molecule has 6 aliphatic rings. The average Bonchev–Trinajstić information content (AvgIpc) is 1.66. The molecule has 8 aromatic heterocycles. The zero-order valence-electron chi connectivity index (χ0n) is 68.3. The number of H-pyrrole nitrogens is 4. The third-order valence-corrected chi connectivity index (χ3v) is 25.4. The number of carbonyl (C=O) groups is 4. The van der Waals surface area contributed by atoms with Crippen LogP contribution in [0.4, 0.5) is 0 Å². The fraction of sp³-hybridized carbons (Fsp3) is 0.457. The summed E-state index contributed by atoms with van der Waals surface area (Å²) < 4.78 is 8.95. The normalized spacial score (nSPS) is 21.3. The van der Waals surface area contributed by atoms with Gasteiger partial charge in [0.05, 0.1) is 94.2 Å². The Morgan fingerprint density at radius 3 is 1.01 bits per heavy atom. The zero-order valence-corrected chi connectivity index (χ0v) is 68.3. The third-order valence-electron chi connectivity index (χ3n) is 25.4. The van der Waals surface area contributed by atoms with Gasteiger partial charge in [-0.05, 0) is 186 Å². The van der Waals surface area contributed by atoms with Crippen molar-refractivity contribution in [3.8, 4) is 44.5 Å². The summed E-state index contributed by atoms with van der Waals surface area (Å²) in [4.78, 5) is 78.5. The first-order valence-electron chi connectivity index (χ1n) is 42.4. The Hall–Kier alpha value is -11.3. The molecule has 19 rings (SSSR count). The van der Waals surface area contributed by atoms with Gasteiger partial charge in [-0.2, -0.15) is 20.4 Å². The first kappa shape index (κ1) is 78.6. The van der Waals surface area contributed by atoms with Gasteiger partial charge >= 0.3 is 0 Å². The first-order chi connectivity index (χ1) is 56.4. The van der Waals surface area contributed by atoms with Crippen molar-refractivity contribution in [1.82, 2.24) is 98.6 Å². The summed E-state index contributed by atoms with van der Waals surface area (Å²) in [5.41, 5.74) is 18.2. The molecule has 604 valence electrons. The maximum absolute atomic E-state index is 13.0. The molecular formula is C92H112N20O4. The molecule has 2 aliphatic carbocycles. The SMILES string of the molecule is C[C@@H]1CC(Cn2cnc3cc(-c4cn[nH]c4)ccc32)CN1C(=O)C(C)(C)C.C[C@@H]1CC(Cn2cnc3cc(-c4cn[nH]c4)ccc32)CN1C(=O)C1CCCCC1.C[C@@H]1CC(Cn2cnc3cc(-c4cn[nH]c4)ccc32)CN1C(=O)CCc1ccccc1.C[C@H]1CC(Cn2cnc3cc(-c4cn[nH]c4)ccc32)CN1C(=O)C1CCCCC1. The predicted octanol–water partition coefficient (Wildman–Crippen LogP) is 16.5. The number of amides is 4. The van der Waals surface area contributed by atoms with Crippen LogP contribution >= 0.6 is 0 Å². The Kier molecular flexibility index (Phi) is 23.7. The number of rotatable bonds is 17. The molecule has 116 heavy (non-hydrogen) atoms. The molecule has 2 saturated carbocycles. The van der Waals surface area contributed by atoms with Crippen molar-refractivity contribution in [2.75, 3.05) is 26.2 Å². The molecule has 8 atom stereocenters. The molecule has 12 heterocycles. The summed E-state index contributed by atoms with van der Waals surface area (Å²) >= 11 is 0. The molecule has 6 fully saturated rings. The number of benzene rings is 5. The number of likely N-dealkylation sites (tertiary alicyclic amines) is 4. The van der Waals surface area contributed by atoms with E-state index in [1.807, 2.05) is 114 Å². The number of hydrogen-bond donors (Lipinski definition) is 4. The van der Waals surface area contributed by atoms with Crippen molar-refractivity contribution in [2.24, 2.45) is 40.9 Å². The summed E-state index contributed by atoms with van der Waals surface area (Å²) in [6.45, 7) is 21.8. The molecule has 4 aliphatic heterocycles.